The Labute approximate surface area is 116 Å². The molecular formula is C15H16N2O3. The molecule has 0 saturated carbocycles. The molecule has 0 aliphatic heterocycles. The van der Waals surface area contributed by atoms with E-state index in [-0.39, 0.29) is 23.0 Å². The van der Waals surface area contributed by atoms with Crippen LogP contribution in [0.1, 0.15) is 15.9 Å². The van der Waals surface area contributed by atoms with Crippen LogP contribution in [0.2, 0.25) is 0 Å². The summed E-state index contributed by atoms with van der Waals surface area (Å²) in [6.07, 6.45) is 0. The van der Waals surface area contributed by atoms with Gasteiger partial charge in [0, 0.05) is 30.9 Å². The van der Waals surface area contributed by atoms with Gasteiger partial charge >= 0.3 is 0 Å². The Morgan fingerprint density at radius 1 is 1.15 bits per heavy atom. The Kier molecular flexibility index (Phi) is 3.91. The molecule has 0 aliphatic rings. The van der Waals surface area contributed by atoms with Gasteiger partial charge in [-0.15, -0.1) is 0 Å². The molecule has 0 heterocycles. The van der Waals surface area contributed by atoms with Crippen molar-refractivity contribution >= 4 is 11.6 Å². The number of nitrogens with two attached hydrogens (primary N) is 1. The second-order valence-corrected chi connectivity index (χ2v) is 4.44. The molecule has 2 aromatic rings. The van der Waals surface area contributed by atoms with Crippen LogP contribution in [-0.4, -0.2) is 23.2 Å². The Morgan fingerprint density at radius 3 is 2.35 bits per heavy atom. The van der Waals surface area contributed by atoms with E-state index in [1.54, 1.807) is 13.1 Å². The number of carbonyl (C=O) groups is 1. The van der Waals surface area contributed by atoms with Crippen LogP contribution in [0.5, 0.6) is 11.5 Å². The number of nitrogens with zero attached hydrogens (tertiary/aromatic N) is 1. The van der Waals surface area contributed by atoms with Gasteiger partial charge in [-0.1, -0.05) is 18.2 Å². The molecule has 5 nitrogen and oxygen atoms in total. The van der Waals surface area contributed by atoms with Gasteiger partial charge in [0.15, 0.2) is 0 Å². The number of hydrogen-bond donors (Lipinski definition) is 3. The van der Waals surface area contributed by atoms with Gasteiger partial charge in [0.05, 0.1) is 0 Å². The van der Waals surface area contributed by atoms with Gasteiger partial charge in [0.1, 0.15) is 11.5 Å². The molecule has 104 valence electrons. The third-order valence-electron chi connectivity index (χ3n) is 3.03. The number of rotatable bonds is 3. The molecular weight excluding hydrogens is 256 g/mol. The SMILES string of the molecule is CN(C(=O)c1cc(O)cc(O)c1)c1ccccc1CN. The van der Waals surface area contributed by atoms with Crippen LogP contribution in [0.3, 0.4) is 0 Å². The van der Waals surface area contributed by atoms with E-state index in [2.05, 4.69) is 0 Å². The third-order valence-corrected chi connectivity index (χ3v) is 3.03. The van der Waals surface area contributed by atoms with Gasteiger partial charge in [-0.3, -0.25) is 4.79 Å². The Balaban J connectivity index is 2.37. The topological polar surface area (TPSA) is 86.8 Å². The van der Waals surface area contributed by atoms with Crippen molar-refractivity contribution < 1.29 is 15.0 Å². The first kappa shape index (κ1) is 13.9. The molecule has 0 atom stereocenters. The van der Waals surface area contributed by atoms with E-state index < -0.39 is 0 Å². The van der Waals surface area contributed by atoms with Crippen LogP contribution >= 0.6 is 0 Å². The van der Waals surface area contributed by atoms with Crippen molar-refractivity contribution in [2.75, 3.05) is 11.9 Å². The predicted octanol–water partition coefficient (Wildman–Crippen LogP) is 1.83. The molecule has 0 bridgehead atoms. The molecule has 5 heteroatoms. The van der Waals surface area contributed by atoms with Crippen LogP contribution in [0.25, 0.3) is 0 Å². The molecule has 20 heavy (non-hydrogen) atoms. The number of amides is 1. The highest BCUT2D eigenvalue weighted by Crippen LogP contribution is 2.24. The van der Waals surface area contributed by atoms with E-state index in [4.69, 9.17) is 5.73 Å². The van der Waals surface area contributed by atoms with Crippen LogP contribution in [0, 0.1) is 0 Å². The lowest BCUT2D eigenvalue weighted by Gasteiger charge is -2.20. The van der Waals surface area contributed by atoms with E-state index in [1.807, 2.05) is 18.2 Å². The minimum Gasteiger partial charge on any atom is -0.508 e. The molecule has 0 radical (unpaired) electrons. The first-order valence-electron chi connectivity index (χ1n) is 6.12. The van der Waals surface area contributed by atoms with Crippen LogP contribution in [-0.2, 0) is 6.54 Å². The molecule has 0 fully saturated rings. The largest absolute Gasteiger partial charge is 0.508 e. The summed E-state index contributed by atoms with van der Waals surface area (Å²) in [5.41, 5.74) is 7.40. The average Bonchev–Trinajstić information content (AvgIpc) is 2.44. The molecule has 2 rings (SSSR count). The van der Waals surface area contributed by atoms with E-state index in [0.29, 0.717) is 12.2 Å². The number of phenols is 2. The molecule has 0 saturated heterocycles. The molecule has 0 aromatic heterocycles. The summed E-state index contributed by atoms with van der Waals surface area (Å²) in [6, 6.07) is 11.1. The monoisotopic (exact) mass is 272 g/mol. The van der Waals surface area contributed by atoms with E-state index >= 15 is 0 Å². The molecule has 0 aliphatic carbocycles. The summed E-state index contributed by atoms with van der Waals surface area (Å²) in [4.78, 5) is 13.8. The van der Waals surface area contributed by atoms with Crippen LogP contribution in [0.15, 0.2) is 42.5 Å². The Bertz CT molecular complexity index is 621. The number of phenolic OH excluding ortho intramolecular Hbond substituents is 2. The zero-order chi connectivity index (χ0) is 14.7. The molecule has 1 amide bonds. The quantitative estimate of drug-likeness (QED) is 0.795. The lowest BCUT2D eigenvalue weighted by Crippen LogP contribution is -2.27. The lowest BCUT2D eigenvalue weighted by atomic mass is 10.1. The summed E-state index contributed by atoms with van der Waals surface area (Å²) < 4.78 is 0. The zero-order valence-corrected chi connectivity index (χ0v) is 11.1. The zero-order valence-electron chi connectivity index (χ0n) is 11.1. The van der Waals surface area contributed by atoms with Gasteiger partial charge < -0.3 is 20.8 Å². The fraction of sp³-hybridized carbons (Fsp3) is 0.133. The predicted molar refractivity (Wildman–Crippen MR) is 76.8 cm³/mol. The summed E-state index contributed by atoms with van der Waals surface area (Å²) in [5.74, 6) is -0.653. The maximum atomic E-state index is 12.4. The Morgan fingerprint density at radius 2 is 1.75 bits per heavy atom. The standard InChI is InChI=1S/C15H16N2O3/c1-17(14-5-3-2-4-10(14)9-16)15(20)11-6-12(18)8-13(19)7-11/h2-8,18-19H,9,16H2,1H3. The van der Waals surface area contributed by atoms with Crippen molar-refractivity contribution in [2.24, 2.45) is 5.73 Å². The average molecular weight is 272 g/mol. The first-order chi connectivity index (χ1) is 9.52. The number of carbonyl (C=O) groups excluding carboxylic acids is 1. The number of anilines is 1. The highest BCUT2D eigenvalue weighted by molar-refractivity contribution is 6.06. The van der Waals surface area contributed by atoms with Gasteiger partial charge in [-0.25, -0.2) is 0 Å². The maximum absolute atomic E-state index is 12.4. The summed E-state index contributed by atoms with van der Waals surface area (Å²) in [7, 11) is 1.62. The van der Waals surface area contributed by atoms with Crippen molar-refractivity contribution in [2.45, 2.75) is 6.54 Å². The minimum atomic E-state index is -0.336. The normalized spacial score (nSPS) is 10.3. The summed E-state index contributed by atoms with van der Waals surface area (Å²) >= 11 is 0. The fourth-order valence-electron chi connectivity index (χ4n) is 2.03. The third kappa shape index (κ3) is 2.73. The highest BCUT2D eigenvalue weighted by Gasteiger charge is 2.17. The van der Waals surface area contributed by atoms with Crippen molar-refractivity contribution in [3.05, 3.63) is 53.6 Å². The molecule has 0 spiro atoms. The van der Waals surface area contributed by atoms with Gasteiger partial charge in [-0.05, 0) is 23.8 Å². The van der Waals surface area contributed by atoms with E-state index in [0.717, 1.165) is 5.56 Å². The fourth-order valence-corrected chi connectivity index (χ4v) is 2.03. The number of para-hydroxylation sites is 1. The maximum Gasteiger partial charge on any atom is 0.258 e. The molecule has 2 aromatic carbocycles. The van der Waals surface area contributed by atoms with Crippen molar-refractivity contribution in [1.82, 2.24) is 0 Å². The lowest BCUT2D eigenvalue weighted by molar-refractivity contribution is 0.0992. The Hall–Kier alpha value is -2.53. The van der Waals surface area contributed by atoms with Crippen molar-refractivity contribution in [3.8, 4) is 11.5 Å². The van der Waals surface area contributed by atoms with E-state index in [1.165, 1.54) is 23.1 Å². The highest BCUT2D eigenvalue weighted by atomic mass is 16.3. The molecule has 4 N–H and O–H groups in total. The summed E-state index contributed by atoms with van der Waals surface area (Å²) in [5, 5.41) is 18.9. The van der Waals surface area contributed by atoms with Crippen molar-refractivity contribution in [3.63, 3.8) is 0 Å². The second kappa shape index (κ2) is 5.63. The second-order valence-electron chi connectivity index (χ2n) is 4.44. The van der Waals surface area contributed by atoms with Gasteiger partial charge in [0.25, 0.3) is 5.91 Å². The van der Waals surface area contributed by atoms with Gasteiger partial charge in [0.2, 0.25) is 0 Å². The number of aromatic hydroxyl groups is 2. The smallest absolute Gasteiger partial charge is 0.258 e. The van der Waals surface area contributed by atoms with Crippen LogP contribution < -0.4 is 10.6 Å². The minimum absolute atomic E-state index is 0.158. The number of benzene rings is 2. The number of hydrogen-bond acceptors (Lipinski definition) is 4. The molecule has 0 unspecified atom stereocenters. The van der Waals surface area contributed by atoms with E-state index in [9.17, 15) is 15.0 Å². The van der Waals surface area contributed by atoms with Crippen LogP contribution in [0.4, 0.5) is 5.69 Å². The first-order valence-corrected chi connectivity index (χ1v) is 6.12. The van der Waals surface area contributed by atoms with Crippen molar-refractivity contribution in [1.29, 1.82) is 0 Å². The van der Waals surface area contributed by atoms with Gasteiger partial charge in [-0.2, -0.15) is 0 Å². The summed E-state index contributed by atoms with van der Waals surface area (Å²) in [6.45, 7) is 0.319.